The van der Waals surface area contributed by atoms with Crippen molar-refractivity contribution >= 4 is 11.9 Å². The SMILES string of the molecule is CCC/C=C\C/C=C\CCCCCCCC(=O)OCCCCCCCCCCCCCCCCCCCC(=O)NC(CO)C(O)CCCCCCCCCCCCCCCC. The highest BCUT2D eigenvalue weighted by Crippen LogP contribution is 2.17. The van der Waals surface area contributed by atoms with Crippen LogP contribution in [0.2, 0.25) is 0 Å². The van der Waals surface area contributed by atoms with Crippen LogP contribution in [0.25, 0.3) is 0 Å². The van der Waals surface area contributed by atoms with Crippen LogP contribution >= 0.6 is 0 Å². The second-order valence-corrected chi connectivity index (χ2v) is 18.6. The molecule has 1 amide bonds. The number of allylic oxidation sites excluding steroid dienone is 4. The quantitative estimate of drug-likeness (QED) is 0.0322. The van der Waals surface area contributed by atoms with E-state index in [1.807, 2.05) is 0 Å². The van der Waals surface area contributed by atoms with Crippen LogP contribution in [0.5, 0.6) is 0 Å². The van der Waals surface area contributed by atoms with Crippen molar-refractivity contribution in [2.45, 2.75) is 302 Å². The Morgan fingerprint density at radius 2 is 0.852 bits per heavy atom. The monoisotopic (exact) mass is 860 g/mol. The molecule has 360 valence electrons. The maximum absolute atomic E-state index is 12.5. The lowest BCUT2D eigenvalue weighted by Crippen LogP contribution is -2.45. The van der Waals surface area contributed by atoms with Gasteiger partial charge in [-0.15, -0.1) is 0 Å². The molecule has 0 aliphatic heterocycles. The van der Waals surface area contributed by atoms with E-state index in [9.17, 15) is 19.8 Å². The minimum Gasteiger partial charge on any atom is -0.466 e. The molecule has 0 aromatic carbocycles. The summed E-state index contributed by atoms with van der Waals surface area (Å²) in [5, 5.41) is 23.2. The van der Waals surface area contributed by atoms with E-state index in [0.29, 0.717) is 25.9 Å². The summed E-state index contributed by atoms with van der Waals surface area (Å²) in [6, 6.07) is -0.545. The maximum atomic E-state index is 12.5. The molecule has 3 N–H and O–H groups in total. The Morgan fingerprint density at radius 1 is 0.459 bits per heavy atom. The highest BCUT2D eigenvalue weighted by molar-refractivity contribution is 5.76. The van der Waals surface area contributed by atoms with Crippen LogP contribution in [0.3, 0.4) is 0 Å². The Hall–Kier alpha value is -1.66. The number of aliphatic hydroxyl groups excluding tert-OH is 2. The third-order valence-electron chi connectivity index (χ3n) is 12.5. The first-order valence-corrected chi connectivity index (χ1v) is 27.1. The standard InChI is InChI=1S/C55H105NO5/c1-3-5-7-9-11-13-15-17-24-27-31-35-39-43-47-53(58)52(51-57)56-54(59)48-44-40-36-32-28-25-21-19-18-20-22-26-30-34-38-42-46-50-61-55(60)49-45-41-37-33-29-23-16-14-12-10-8-6-4-2/h8,10,14,16,52-53,57-58H,3-7,9,11-13,15,17-51H2,1-2H3,(H,56,59)/b10-8-,16-14-. The number of esters is 1. The molecule has 0 bridgehead atoms. The Bertz CT molecular complexity index is 951. The fraction of sp³-hybridized carbons (Fsp3) is 0.891. The number of nitrogens with one attached hydrogen (secondary N) is 1. The van der Waals surface area contributed by atoms with E-state index in [1.54, 1.807) is 0 Å². The van der Waals surface area contributed by atoms with Gasteiger partial charge in [0.05, 0.1) is 25.4 Å². The zero-order valence-corrected chi connectivity index (χ0v) is 40.9. The van der Waals surface area contributed by atoms with Gasteiger partial charge in [0.1, 0.15) is 0 Å². The predicted molar refractivity (Wildman–Crippen MR) is 264 cm³/mol. The molecule has 6 heteroatoms. The smallest absolute Gasteiger partial charge is 0.305 e. The van der Waals surface area contributed by atoms with Gasteiger partial charge in [-0.05, 0) is 51.4 Å². The molecule has 0 saturated heterocycles. The number of carbonyl (C=O) groups excluding carboxylic acids is 2. The largest absolute Gasteiger partial charge is 0.466 e. The third kappa shape index (κ3) is 47.7. The van der Waals surface area contributed by atoms with Crippen LogP contribution in [0.4, 0.5) is 0 Å². The number of aliphatic hydroxyl groups is 2. The van der Waals surface area contributed by atoms with Crippen molar-refractivity contribution in [3.8, 4) is 0 Å². The van der Waals surface area contributed by atoms with Gasteiger partial charge < -0.3 is 20.3 Å². The molecule has 0 radical (unpaired) electrons. The van der Waals surface area contributed by atoms with Gasteiger partial charge >= 0.3 is 5.97 Å². The van der Waals surface area contributed by atoms with Crippen LogP contribution in [0, 0.1) is 0 Å². The summed E-state index contributed by atoms with van der Waals surface area (Å²) < 4.78 is 5.46. The molecule has 0 saturated carbocycles. The molecule has 61 heavy (non-hydrogen) atoms. The van der Waals surface area contributed by atoms with Crippen molar-refractivity contribution in [2.75, 3.05) is 13.2 Å². The van der Waals surface area contributed by atoms with Crippen LogP contribution in [-0.2, 0) is 14.3 Å². The topological polar surface area (TPSA) is 95.9 Å². The van der Waals surface area contributed by atoms with Gasteiger partial charge in [-0.2, -0.15) is 0 Å². The van der Waals surface area contributed by atoms with E-state index in [4.69, 9.17) is 4.74 Å². The zero-order chi connectivity index (χ0) is 44.4. The molecule has 0 spiro atoms. The summed E-state index contributed by atoms with van der Waals surface area (Å²) in [6.07, 6.45) is 60.1. The van der Waals surface area contributed by atoms with Crippen LogP contribution in [-0.4, -0.2) is 47.4 Å². The van der Waals surface area contributed by atoms with E-state index in [-0.39, 0.29) is 18.5 Å². The molecule has 6 nitrogen and oxygen atoms in total. The van der Waals surface area contributed by atoms with Crippen LogP contribution < -0.4 is 5.32 Å². The van der Waals surface area contributed by atoms with Gasteiger partial charge in [-0.3, -0.25) is 9.59 Å². The minimum atomic E-state index is -0.667. The van der Waals surface area contributed by atoms with E-state index >= 15 is 0 Å². The number of ether oxygens (including phenoxy) is 1. The lowest BCUT2D eigenvalue weighted by Gasteiger charge is -2.22. The van der Waals surface area contributed by atoms with Crippen molar-refractivity contribution in [2.24, 2.45) is 0 Å². The average molecular weight is 860 g/mol. The van der Waals surface area contributed by atoms with Crippen molar-refractivity contribution in [3.63, 3.8) is 0 Å². The first-order chi connectivity index (χ1) is 30.0. The maximum Gasteiger partial charge on any atom is 0.305 e. The lowest BCUT2D eigenvalue weighted by molar-refractivity contribution is -0.143. The van der Waals surface area contributed by atoms with Gasteiger partial charge in [-0.1, -0.05) is 250 Å². The average Bonchev–Trinajstić information content (AvgIpc) is 3.26. The van der Waals surface area contributed by atoms with Crippen molar-refractivity contribution in [1.29, 1.82) is 0 Å². The number of hydrogen-bond acceptors (Lipinski definition) is 5. The predicted octanol–water partition coefficient (Wildman–Crippen LogP) is 16.3. The molecule has 0 heterocycles. The second kappa shape index (κ2) is 51.0. The van der Waals surface area contributed by atoms with Crippen LogP contribution in [0.15, 0.2) is 24.3 Å². The summed E-state index contributed by atoms with van der Waals surface area (Å²) in [7, 11) is 0. The van der Waals surface area contributed by atoms with E-state index in [2.05, 4.69) is 43.5 Å². The van der Waals surface area contributed by atoms with Gasteiger partial charge in [0, 0.05) is 12.8 Å². The molecule has 0 aliphatic carbocycles. The van der Waals surface area contributed by atoms with Gasteiger partial charge in [0.2, 0.25) is 5.91 Å². The molecule has 0 aromatic rings. The third-order valence-corrected chi connectivity index (χ3v) is 12.5. The van der Waals surface area contributed by atoms with Gasteiger partial charge in [0.15, 0.2) is 0 Å². The van der Waals surface area contributed by atoms with E-state index in [1.165, 1.54) is 205 Å². The summed E-state index contributed by atoms with van der Waals surface area (Å²) >= 11 is 0. The molecular weight excluding hydrogens is 755 g/mol. The Balaban J connectivity index is 3.42. The number of hydrogen-bond donors (Lipinski definition) is 3. The zero-order valence-electron chi connectivity index (χ0n) is 40.9. The summed E-state index contributed by atoms with van der Waals surface area (Å²) in [5.74, 6) is -0.0501. The number of unbranched alkanes of at least 4 members (excludes halogenated alkanes) is 35. The number of rotatable bonds is 50. The minimum absolute atomic E-state index is 0.00997. The van der Waals surface area contributed by atoms with Crippen molar-refractivity contribution in [1.82, 2.24) is 5.32 Å². The number of amides is 1. The van der Waals surface area contributed by atoms with E-state index < -0.39 is 12.1 Å². The normalized spacial score (nSPS) is 12.8. The molecule has 0 aliphatic rings. The summed E-state index contributed by atoms with van der Waals surface area (Å²) in [5.41, 5.74) is 0. The lowest BCUT2D eigenvalue weighted by atomic mass is 10.0. The Morgan fingerprint density at radius 3 is 1.31 bits per heavy atom. The fourth-order valence-corrected chi connectivity index (χ4v) is 8.32. The first-order valence-electron chi connectivity index (χ1n) is 27.1. The summed E-state index contributed by atoms with van der Waals surface area (Å²) in [6.45, 7) is 4.88. The molecule has 0 fully saturated rings. The van der Waals surface area contributed by atoms with E-state index in [0.717, 1.165) is 51.4 Å². The Labute approximate surface area is 380 Å². The van der Waals surface area contributed by atoms with Crippen molar-refractivity contribution < 1.29 is 24.5 Å². The highest BCUT2D eigenvalue weighted by atomic mass is 16.5. The Kier molecular flexibility index (Phi) is 49.6. The molecule has 2 atom stereocenters. The van der Waals surface area contributed by atoms with Crippen LogP contribution in [0.1, 0.15) is 290 Å². The fourth-order valence-electron chi connectivity index (χ4n) is 8.32. The molecule has 0 rings (SSSR count). The molecule has 0 aromatic heterocycles. The second-order valence-electron chi connectivity index (χ2n) is 18.6. The van der Waals surface area contributed by atoms with Gasteiger partial charge in [0.25, 0.3) is 0 Å². The highest BCUT2D eigenvalue weighted by Gasteiger charge is 2.20. The first kappa shape index (κ1) is 59.3. The van der Waals surface area contributed by atoms with Gasteiger partial charge in [-0.25, -0.2) is 0 Å². The number of carbonyl (C=O) groups is 2. The van der Waals surface area contributed by atoms with Crippen molar-refractivity contribution in [3.05, 3.63) is 24.3 Å². The summed E-state index contributed by atoms with van der Waals surface area (Å²) in [4.78, 5) is 24.5. The molecule has 2 unspecified atom stereocenters. The molecular formula is C55H105NO5.